The van der Waals surface area contributed by atoms with E-state index >= 15 is 0 Å². The lowest BCUT2D eigenvalue weighted by atomic mass is 9.80. The summed E-state index contributed by atoms with van der Waals surface area (Å²) in [4.78, 5) is 3.69. The number of halogens is 3. The number of rotatable bonds is 2. The van der Waals surface area contributed by atoms with E-state index in [0.717, 1.165) is 0 Å². The zero-order chi connectivity index (χ0) is 13.5. The molecule has 0 spiro atoms. The SMILES string of the molecule is Fc1ccc(C2(c3ccnc(Cl)c3F)CCO2)cc1. The summed E-state index contributed by atoms with van der Waals surface area (Å²) in [7, 11) is 0. The first kappa shape index (κ1) is 12.5. The maximum absolute atomic E-state index is 14.1. The van der Waals surface area contributed by atoms with Crippen LogP contribution in [0.2, 0.25) is 5.15 Å². The molecule has 0 aliphatic carbocycles. The van der Waals surface area contributed by atoms with E-state index in [1.807, 2.05) is 0 Å². The molecule has 0 saturated carbocycles. The van der Waals surface area contributed by atoms with Crippen LogP contribution in [0.25, 0.3) is 0 Å². The van der Waals surface area contributed by atoms with Gasteiger partial charge in [-0.3, -0.25) is 0 Å². The summed E-state index contributed by atoms with van der Waals surface area (Å²) in [5.74, 6) is -0.931. The number of ether oxygens (including phenoxy) is 1. The zero-order valence-electron chi connectivity index (χ0n) is 9.87. The van der Waals surface area contributed by atoms with Crippen LogP contribution in [0, 0.1) is 11.6 Å². The molecule has 2 nitrogen and oxygen atoms in total. The van der Waals surface area contributed by atoms with Gasteiger partial charge in [-0.1, -0.05) is 23.7 Å². The highest BCUT2D eigenvalue weighted by Gasteiger charge is 2.44. The molecule has 5 heteroatoms. The van der Waals surface area contributed by atoms with Gasteiger partial charge in [-0.2, -0.15) is 0 Å². The molecule has 1 saturated heterocycles. The van der Waals surface area contributed by atoms with Gasteiger partial charge in [0.1, 0.15) is 11.4 Å². The zero-order valence-corrected chi connectivity index (χ0v) is 10.6. The van der Waals surface area contributed by atoms with Crippen LogP contribution in [0.5, 0.6) is 0 Å². The van der Waals surface area contributed by atoms with Crippen molar-refractivity contribution in [3.8, 4) is 0 Å². The van der Waals surface area contributed by atoms with Crippen LogP contribution in [0.1, 0.15) is 17.5 Å². The molecule has 0 bridgehead atoms. The second-order valence-electron chi connectivity index (χ2n) is 4.40. The molecule has 0 amide bonds. The lowest BCUT2D eigenvalue weighted by Crippen LogP contribution is -2.42. The minimum Gasteiger partial charge on any atom is -0.365 e. The first-order valence-electron chi connectivity index (χ1n) is 5.84. The van der Waals surface area contributed by atoms with Gasteiger partial charge in [0.25, 0.3) is 0 Å². The van der Waals surface area contributed by atoms with E-state index in [-0.39, 0.29) is 11.0 Å². The standard InChI is InChI=1S/C14H10ClF2NO/c15-13-12(17)11(5-7-18-13)14(6-8-19-14)9-1-3-10(16)4-2-9/h1-5,7H,6,8H2. The number of hydrogen-bond acceptors (Lipinski definition) is 2. The Morgan fingerprint density at radius 1 is 1.16 bits per heavy atom. The average molecular weight is 282 g/mol. The largest absolute Gasteiger partial charge is 0.365 e. The van der Waals surface area contributed by atoms with Gasteiger partial charge >= 0.3 is 0 Å². The third-order valence-corrected chi connectivity index (χ3v) is 3.66. The second-order valence-corrected chi connectivity index (χ2v) is 4.75. The van der Waals surface area contributed by atoms with Gasteiger partial charge in [0.05, 0.1) is 6.61 Å². The first-order valence-corrected chi connectivity index (χ1v) is 6.22. The third kappa shape index (κ3) is 1.91. The molecule has 2 aromatic rings. The van der Waals surface area contributed by atoms with Crippen molar-refractivity contribution in [2.75, 3.05) is 6.61 Å². The summed E-state index contributed by atoms with van der Waals surface area (Å²) in [6.45, 7) is 0.525. The van der Waals surface area contributed by atoms with E-state index < -0.39 is 11.4 Å². The minimum atomic E-state index is -0.885. The number of benzene rings is 1. The summed E-state index contributed by atoms with van der Waals surface area (Å²) in [6.07, 6.45) is 2.06. The van der Waals surface area contributed by atoms with E-state index in [1.165, 1.54) is 18.3 Å². The fraction of sp³-hybridized carbons (Fsp3) is 0.214. The molecule has 3 rings (SSSR count). The van der Waals surface area contributed by atoms with Crippen molar-refractivity contribution < 1.29 is 13.5 Å². The van der Waals surface area contributed by atoms with Crippen molar-refractivity contribution in [3.63, 3.8) is 0 Å². The van der Waals surface area contributed by atoms with Crippen molar-refractivity contribution in [3.05, 3.63) is 64.4 Å². The summed E-state index contributed by atoms with van der Waals surface area (Å²) >= 11 is 5.71. The van der Waals surface area contributed by atoms with Crippen LogP contribution < -0.4 is 0 Å². The maximum Gasteiger partial charge on any atom is 0.166 e. The van der Waals surface area contributed by atoms with Crippen molar-refractivity contribution in [2.45, 2.75) is 12.0 Å². The number of aromatic nitrogens is 1. The molecule has 19 heavy (non-hydrogen) atoms. The lowest BCUT2D eigenvalue weighted by molar-refractivity contribution is -0.125. The molecule has 1 atom stereocenters. The van der Waals surface area contributed by atoms with Gasteiger partial charge in [-0.15, -0.1) is 0 Å². The van der Waals surface area contributed by atoms with Crippen LogP contribution in [0.3, 0.4) is 0 Å². The fourth-order valence-electron chi connectivity index (χ4n) is 2.35. The highest BCUT2D eigenvalue weighted by molar-refractivity contribution is 6.29. The molecule has 98 valence electrons. The Morgan fingerprint density at radius 3 is 2.42 bits per heavy atom. The average Bonchev–Trinajstić information content (AvgIpc) is 2.35. The Hall–Kier alpha value is -1.52. The van der Waals surface area contributed by atoms with Gasteiger partial charge in [0.2, 0.25) is 0 Å². The van der Waals surface area contributed by atoms with Crippen LogP contribution in [0.4, 0.5) is 8.78 Å². The van der Waals surface area contributed by atoms with Gasteiger partial charge in [0, 0.05) is 18.2 Å². The maximum atomic E-state index is 14.1. The molecule has 1 aromatic carbocycles. The molecular weight excluding hydrogens is 272 g/mol. The summed E-state index contributed by atoms with van der Waals surface area (Å²) in [6, 6.07) is 7.41. The quantitative estimate of drug-likeness (QED) is 0.784. The fourth-order valence-corrected chi connectivity index (χ4v) is 2.51. The Balaban J connectivity index is 2.13. The topological polar surface area (TPSA) is 22.1 Å². The third-order valence-electron chi connectivity index (χ3n) is 3.39. The molecule has 1 aliphatic rings. The number of hydrogen-bond donors (Lipinski definition) is 0. The Labute approximate surface area is 114 Å². The van der Waals surface area contributed by atoms with Crippen molar-refractivity contribution in [1.82, 2.24) is 4.98 Å². The molecule has 1 unspecified atom stereocenters. The van der Waals surface area contributed by atoms with Crippen molar-refractivity contribution >= 4 is 11.6 Å². The first-order chi connectivity index (χ1) is 9.13. The van der Waals surface area contributed by atoms with E-state index in [1.54, 1.807) is 18.2 Å². The molecule has 1 fully saturated rings. The smallest absolute Gasteiger partial charge is 0.166 e. The van der Waals surface area contributed by atoms with E-state index in [4.69, 9.17) is 16.3 Å². The monoisotopic (exact) mass is 281 g/mol. The van der Waals surface area contributed by atoms with Crippen LogP contribution >= 0.6 is 11.6 Å². The van der Waals surface area contributed by atoms with Gasteiger partial charge in [0.15, 0.2) is 11.0 Å². The number of pyridine rings is 1. The predicted octanol–water partition coefficient (Wildman–Crippen LogP) is 3.68. The van der Waals surface area contributed by atoms with Crippen molar-refractivity contribution in [1.29, 1.82) is 0 Å². The lowest BCUT2D eigenvalue weighted by Gasteiger charge is -2.43. The van der Waals surface area contributed by atoms with Gasteiger partial charge in [-0.25, -0.2) is 13.8 Å². The molecule has 1 aliphatic heterocycles. The van der Waals surface area contributed by atoms with Crippen LogP contribution in [0.15, 0.2) is 36.5 Å². The predicted molar refractivity (Wildman–Crippen MR) is 67.0 cm³/mol. The van der Waals surface area contributed by atoms with Gasteiger partial charge < -0.3 is 4.74 Å². The highest BCUT2D eigenvalue weighted by atomic mass is 35.5. The Kier molecular flexibility index (Phi) is 2.99. The van der Waals surface area contributed by atoms with Gasteiger partial charge in [-0.05, 0) is 23.8 Å². The normalized spacial score (nSPS) is 22.1. The second kappa shape index (κ2) is 4.54. The molecule has 0 radical (unpaired) electrons. The Morgan fingerprint density at radius 2 is 1.84 bits per heavy atom. The van der Waals surface area contributed by atoms with Crippen LogP contribution in [-0.4, -0.2) is 11.6 Å². The summed E-state index contributed by atoms with van der Waals surface area (Å²) in [5.41, 5.74) is 0.163. The van der Waals surface area contributed by atoms with E-state index in [2.05, 4.69) is 4.98 Å². The minimum absolute atomic E-state index is 0.186. The van der Waals surface area contributed by atoms with E-state index in [0.29, 0.717) is 24.2 Å². The molecule has 2 heterocycles. The number of nitrogens with zero attached hydrogens (tertiary/aromatic N) is 1. The van der Waals surface area contributed by atoms with Crippen LogP contribution in [-0.2, 0) is 10.3 Å². The molecule has 1 aromatic heterocycles. The summed E-state index contributed by atoms with van der Waals surface area (Å²) < 4.78 is 32.7. The summed E-state index contributed by atoms with van der Waals surface area (Å²) in [5, 5.41) is -0.186. The molecular formula is C14H10ClF2NO. The molecule has 0 N–H and O–H groups in total. The van der Waals surface area contributed by atoms with E-state index in [9.17, 15) is 8.78 Å². The Bertz CT molecular complexity index is 611. The highest BCUT2D eigenvalue weighted by Crippen LogP contribution is 2.45. The van der Waals surface area contributed by atoms with Crippen molar-refractivity contribution in [2.24, 2.45) is 0 Å².